The summed E-state index contributed by atoms with van der Waals surface area (Å²) in [5, 5.41) is 2.29. The van der Waals surface area contributed by atoms with Gasteiger partial charge in [0.1, 0.15) is 0 Å². The molecule has 6 heteroatoms. The summed E-state index contributed by atoms with van der Waals surface area (Å²) in [5.74, 6) is -0.621. The molecule has 0 saturated heterocycles. The molecule has 0 spiro atoms. The maximum absolute atomic E-state index is 10.6. The Hall–Kier alpha value is -1.30. The highest BCUT2D eigenvalue weighted by molar-refractivity contribution is 5.85. The maximum atomic E-state index is 10.6. The number of carbonyl (C=O) groups excluding carboxylic acids is 1. The van der Waals surface area contributed by atoms with E-state index in [4.69, 9.17) is 17.2 Å². The van der Waals surface area contributed by atoms with Crippen LogP contribution in [0.25, 0.3) is 0 Å². The SMILES string of the molecule is CNC(=O)C(N)N=C(N)N. The number of nitrogens with one attached hydrogen (secondary N) is 1. The van der Waals surface area contributed by atoms with Crippen molar-refractivity contribution in [2.45, 2.75) is 6.17 Å². The first-order valence-electron chi connectivity index (χ1n) is 2.64. The molecule has 1 unspecified atom stereocenters. The third-order valence-corrected chi connectivity index (χ3v) is 0.803. The zero-order valence-electron chi connectivity index (χ0n) is 5.66. The fourth-order valence-electron chi connectivity index (χ4n) is 0.367. The fourth-order valence-corrected chi connectivity index (χ4v) is 0.367. The summed E-state index contributed by atoms with van der Waals surface area (Å²) < 4.78 is 0. The monoisotopic (exact) mass is 145 g/mol. The van der Waals surface area contributed by atoms with Crippen molar-refractivity contribution in [2.75, 3.05) is 7.05 Å². The van der Waals surface area contributed by atoms with Crippen molar-refractivity contribution in [3.8, 4) is 0 Å². The number of guanidine groups is 1. The number of likely N-dealkylation sites (N-methyl/N-ethyl adjacent to an activating group) is 1. The Balaban J connectivity index is 3.96. The van der Waals surface area contributed by atoms with Gasteiger partial charge in [0.2, 0.25) is 0 Å². The average molecular weight is 145 g/mol. The van der Waals surface area contributed by atoms with E-state index >= 15 is 0 Å². The number of nitrogens with zero attached hydrogens (tertiary/aromatic N) is 1. The van der Waals surface area contributed by atoms with Crippen molar-refractivity contribution < 1.29 is 4.79 Å². The van der Waals surface area contributed by atoms with Crippen LogP contribution in [0.5, 0.6) is 0 Å². The molecule has 0 rings (SSSR count). The highest BCUT2D eigenvalue weighted by Gasteiger charge is 2.08. The lowest BCUT2D eigenvalue weighted by Crippen LogP contribution is -2.40. The van der Waals surface area contributed by atoms with E-state index in [0.717, 1.165) is 0 Å². The van der Waals surface area contributed by atoms with Crippen LogP contribution in [0.1, 0.15) is 0 Å². The second-order valence-corrected chi connectivity index (χ2v) is 1.61. The number of hydrogen-bond donors (Lipinski definition) is 4. The van der Waals surface area contributed by atoms with Crippen LogP contribution in [0.4, 0.5) is 0 Å². The van der Waals surface area contributed by atoms with Gasteiger partial charge in [0, 0.05) is 7.05 Å². The van der Waals surface area contributed by atoms with Crippen LogP contribution in [0.2, 0.25) is 0 Å². The van der Waals surface area contributed by atoms with Gasteiger partial charge >= 0.3 is 0 Å². The zero-order valence-corrected chi connectivity index (χ0v) is 5.66. The number of amides is 1. The van der Waals surface area contributed by atoms with Gasteiger partial charge in [-0.1, -0.05) is 0 Å². The highest BCUT2D eigenvalue weighted by Crippen LogP contribution is 1.77. The predicted octanol–water partition coefficient (Wildman–Crippen LogP) is -2.71. The predicted molar refractivity (Wildman–Crippen MR) is 37.9 cm³/mol. The molecule has 10 heavy (non-hydrogen) atoms. The van der Waals surface area contributed by atoms with Gasteiger partial charge in [0.15, 0.2) is 12.1 Å². The topological polar surface area (TPSA) is 120 Å². The Kier molecular flexibility index (Phi) is 3.20. The zero-order chi connectivity index (χ0) is 8.15. The average Bonchev–Trinajstić information content (AvgIpc) is 1.85. The van der Waals surface area contributed by atoms with E-state index < -0.39 is 12.1 Å². The first kappa shape index (κ1) is 8.70. The van der Waals surface area contributed by atoms with Crippen molar-refractivity contribution in [3.05, 3.63) is 0 Å². The summed E-state index contributed by atoms with van der Waals surface area (Å²) in [6.45, 7) is 0. The van der Waals surface area contributed by atoms with E-state index in [-0.39, 0.29) is 5.96 Å². The van der Waals surface area contributed by atoms with Gasteiger partial charge in [0.05, 0.1) is 0 Å². The van der Waals surface area contributed by atoms with E-state index in [1.54, 1.807) is 0 Å². The second kappa shape index (κ2) is 3.67. The van der Waals surface area contributed by atoms with Crippen LogP contribution in [-0.2, 0) is 4.79 Å². The van der Waals surface area contributed by atoms with Gasteiger partial charge in [-0.3, -0.25) is 4.79 Å². The van der Waals surface area contributed by atoms with Gasteiger partial charge < -0.3 is 22.5 Å². The van der Waals surface area contributed by atoms with Crippen LogP contribution < -0.4 is 22.5 Å². The van der Waals surface area contributed by atoms with Crippen LogP contribution in [0, 0.1) is 0 Å². The van der Waals surface area contributed by atoms with Gasteiger partial charge in [-0.25, -0.2) is 4.99 Å². The highest BCUT2D eigenvalue weighted by atomic mass is 16.2. The van der Waals surface area contributed by atoms with Gasteiger partial charge in [-0.15, -0.1) is 0 Å². The molecular formula is C4H11N5O. The van der Waals surface area contributed by atoms with Gasteiger partial charge in [-0.2, -0.15) is 0 Å². The van der Waals surface area contributed by atoms with E-state index in [0.29, 0.717) is 0 Å². The quantitative estimate of drug-likeness (QED) is 0.249. The van der Waals surface area contributed by atoms with Crippen molar-refractivity contribution in [3.63, 3.8) is 0 Å². The fraction of sp³-hybridized carbons (Fsp3) is 0.500. The number of rotatable bonds is 2. The van der Waals surface area contributed by atoms with E-state index in [2.05, 4.69) is 10.3 Å². The third-order valence-electron chi connectivity index (χ3n) is 0.803. The Labute approximate surface area is 58.5 Å². The number of nitrogens with two attached hydrogens (primary N) is 3. The van der Waals surface area contributed by atoms with Gasteiger partial charge in [0.25, 0.3) is 5.91 Å². The lowest BCUT2D eigenvalue weighted by Gasteiger charge is -2.03. The first-order chi connectivity index (χ1) is 4.57. The Morgan fingerprint density at radius 1 is 1.60 bits per heavy atom. The molecule has 0 aliphatic carbocycles. The van der Waals surface area contributed by atoms with Crippen molar-refractivity contribution in [1.29, 1.82) is 0 Å². The molecular weight excluding hydrogens is 134 g/mol. The lowest BCUT2D eigenvalue weighted by molar-refractivity contribution is -0.121. The minimum absolute atomic E-state index is 0.198. The van der Waals surface area contributed by atoms with Gasteiger partial charge in [-0.05, 0) is 0 Å². The molecule has 1 amide bonds. The summed E-state index contributed by atoms with van der Waals surface area (Å²) in [7, 11) is 1.45. The molecule has 58 valence electrons. The standard InChI is InChI=1S/C4H11N5O/c1-8-3(10)2(5)9-4(6)7/h2H,5H2,1H3,(H,8,10)(H4,6,7,9). The minimum atomic E-state index is -1.00. The number of aliphatic imine (C=N–C) groups is 1. The molecule has 0 aliphatic heterocycles. The molecule has 0 aromatic carbocycles. The number of hydrogen-bond acceptors (Lipinski definition) is 3. The van der Waals surface area contributed by atoms with Crippen LogP contribution in [-0.4, -0.2) is 25.1 Å². The normalized spacial score (nSPS) is 11.8. The summed E-state index contributed by atoms with van der Waals surface area (Å²) >= 11 is 0. The summed E-state index contributed by atoms with van der Waals surface area (Å²) in [6, 6.07) is 0. The Morgan fingerprint density at radius 3 is 2.40 bits per heavy atom. The Morgan fingerprint density at radius 2 is 2.10 bits per heavy atom. The summed E-state index contributed by atoms with van der Waals surface area (Å²) in [5.41, 5.74) is 15.1. The maximum Gasteiger partial charge on any atom is 0.259 e. The molecule has 0 fully saturated rings. The molecule has 0 saturated carbocycles. The molecule has 0 bridgehead atoms. The molecule has 7 N–H and O–H groups in total. The molecule has 0 radical (unpaired) electrons. The van der Waals surface area contributed by atoms with Crippen molar-refractivity contribution in [2.24, 2.45) is 22.2 Å². The Bertz CT molecular complexity index is 150. The molecule has 0 aliphatic rings. The third kappa shape index (κ3) is 2.88. The van der Waals surface area contributed by atoms with E-state index in [1.807, 2.05) is 0 Å². The molecule has 0 aromatic rings. The summed E-state index contributed by atoms with van der Waals surface area (Å²) in [4.78, 5) is 14.0. The van der Waals surface area contributed by atoms with E-state index in [9.17, 15) is 4.79 Å². The van der Waals surface area contributed by atoms with Crippen molar-refractivity contribution >= 4 is 11.9 Å². The van der Waals surface area contributed by atoms with Crippen LogP contribution >= 0.6 is 0 Å². The molecule has 0 heterocycles. The lowest BCUT2D eigenvalue weighted by atomic mass is 10.5. The molecule has 0 aromatic heterocycles. The second-order valence-electron chi connectivity index (χ2n) is 1.61. The molecule has 1 atom stereocenters. The van der Waals surface area contributed by atoms with Crippen molar-refractivity contribution in [1.82, 2.24) is 5.32 Å². The molecule has 6 nitrogen and oxygen atoms in total. The largest absolute Gasteiger partial charge is 0.370 e. The first-order valence-corrected chi connectivity index (χ1v) is 2.64. The van der Waals surface area contributed by atoms with Crippen LogP contribution in [0.15, 0.2) is 4.99 Å². The van der Waals surface area contributed by atoms with Crippen LogP contribution in [0.3, 0.4) is 0 Å². The summed E-state index contributed by atoms with van der Waals surface area (Å²) in [6.07, 6.45) is -1.00. The van der Waals surface area contributed by atoms with E-state index in [1.165, 1.54) is 7.05 Å². The minimum Gasteiger partial charge on any atom is -0.370 e. The smallest absolute Gasteiger partial charge is 0.259 e. The number of carbonyl (C=O) groups is 1.